The van der Waals surface area contributed by atoms with Crippen molar-refractivity contribution >= 4 is 28.7 Å². The molecule has 0 aliphatic heterocycles. The van der Waals surface area contributed by atoms with Gasteiger partial charge in [-0.3, -0.25) is 0 Å². The van der Waals surface area contributed by atoms with Crippen molar-refractivity contribution in [2.75, 3.05) is 0 Å². The number of aromatic carboxylic acids is 1. The SMILES string of the molecule is N#C/C(=C/c1ccc(OCc2ccccc2)c(C(=O)O)c1)c1nc2ccccc2[nH]1. The number of imidazole rings is 1. The van der Waals surface area contributed by atoms with Gasteiger partial charge in [0.1, 0.15) is 29.8 Å². The summed E-state index contributed by atoms with van der Waals surface area (Å²) in [5.74, 6) is -0.402. The lowest BCUT2D eigenvalue weighted by Gasteiger charge is -2.10. The monoisotopic (exact) mass is 395 g/mol. The van der Waals surface area contributed by atoms with Gasteiger partial charge in [0, 0.05) is 0 Å². The number of nitrogens with one attached hydrogen (secondary N) is 1. The number of carboxylic acid groups (broad SMARTS) is 1. The number of ether oxygens (including phenoxy) is 1. The summed E-state index contributed by atoms with van der Waals surface area (Å²) in [6.45, 7) is 0.263. The van der Waals surface area contributed by atoms with Gasteiger partial charge in [0.2, 0.25) is 0 Å². The fourth-order valence-corrected chi connectivity index (χ4v) is 3.07. The number of hydrogen-bond acceptors (Lipinski definition) is 4. The van der Waals surface area contributed by atoms with Gasteiger partial charge in [-0.15, -0.1) is 0 Å². The molecule has 0 fully saturated rings. The lowest BCUT2D eigenvalue weighted by molar-refractivity contribution is 0.0691. The molecule has 0 radical (unpaired) electrons. The van der Waals surface area contributed by atoms with E-state index in [0.717, 1.165) is 16.6 Å². The predicted octanol–water partition coefficient (Wildman–Crippen LogP) is 4.90. The van der Waals surface area contributed by atoms with Crippen molar-refractivity contribution in [3.05, 3.63) is 95.3 Å². The number of rotatable bonds is 6. The van der Waals surface area contributed by atoms with Crippen molar-refractivity contribution in [3.63, 3.8) is 0 Å². The van der Waals surface area contributed by atoms with Crippen LogP contribution < -0.4 is 4.74 Å². The van der Waals surface area contributed by atoms with Gasteiger partial charge in [0.15, 0.2) is 0 Å². The molecule has 3 aromatic carbocycles. The zero-order valence-corrected chi connectivity index (χ0v) is 15.9. The van der Waals surface area contributed by atoms with E-state index in [1.807, 2.05) is 54.6 Å². The van der Waals surface area contributed by atoms with Gasteiger partial charge in [-0.1, -0.05) is 48.5 Å². The second kappa shape index (κ2) is 8.33. The highest BCUT2D eigenvalue weighted by Crippen LogP contribution is 2.25. The second-order valence-corrected chi connectivity index (χ2v) is 6.61. The van der Waals surface area contributed by atoms with E-state index in [1.165, 1.54) is 6.07 Å². The average molecular weight is 395 g/mol. The molecule has 0 aliphatic carbocycles. The molecule has 0 unspecified atom stereocenters. The van der Waals surface area contributed by atoms with Crippen LogP contribution >= 0.6 is 0 Å². The number of aromatic nitrogens is 2. The van der Waals surface area contributed by atoms with E-state index in [9.17, 15) is 15.2 Å². The Bertz CT molecular complexity index is 1250. The Kier molecular flexibility index (Phi) is 5.27. The first-order chi connectivity index (χ1) is 14.6. The summed E-state index contributed by atoms with van der Waals surface area (Å²) in [6.07, 6.45) is 1.60. The van der Waals surface area contributed by atoms with Crippen LogP contribution in [0.3, 0.4) is 0 Å². The molecule has 0 spiro atoms. The standard InChI is InChI=1S/C24H17N3O3/c25-14-18(23-26-20-8-4-5-9-21(20)27-23)12-17-10-11-22(19(13-17)24(28)29)30-15-16-6-2-1-3-7-16/h1-13H,15H2,(H,26,27)(H,28,29)/b18-12-. The first kappa shape index (κ1) is 19.0. The Labute approximate surface area is 172 Å². The van der Waals surface area contributed by atoms with Crippen LogP contribution in [0, 0.1) is 11.3 Å². The van der Waals surface area contributed by atoms with E-state index in [1.54, 1.807) is 18.2 Å². The van der Waals surface area contributed by atoms with Gasteiger partial charge in [-0.05, 0) is 41.5 Å². The number of benzene rings is 3. The Morgan fingerprint density at radius 1 is 1.10 bits per heavy atom. The highest BCUT2D eigenvalue weighted by Gasteiger charge is 2.14. The maximum Gasteiger partial charge on any atom is 0.339 e. The van der Waals surface area contributed by atoms with E-state index >= 15 is 0 Å². The molecule has 0 saturated carbocycles. The summed E-state index contributed by atoms with van der Waals surface area (Å²) in [4.78, 5) is 19.3. The minimum absolute atomic E-state index is 0.0292. The zero-order chi connectivity index (χ0) is 20.9. The Hall–Kier alpha value is -4.37. The molecular formula is C24H17N3O3. The second-order valence-electron chi connectivity index (χ2n) is 6.61. The molecule has 1 aromatic heterocycles. The number of nitrogens with zero attached hydrogens (tertiary/aromatic N) is 2. The van der Waals surface area contributed by atoms with Crippen LogP contribution in [-0.4, -0.2) is 21.0 Å². The number of hydrogen-bond donors (Lipinski definition) is 2. The topological polar surface area (TPSA) is 99.0 Å². The van der Waals surface area contributed by atoms with Gasteiger partial charge in [-0.2, -0.15) is 5.26 Å². The number of para-hydroxylation sites is 2. The number of fused-ring (bicyclic) bond motifs is 1. The predicted molar refractivity (Wildman–Crippen MR) is 114 cm³/mol. The quantitative estimate of drug-likeness (QED) is 0.452. The van der Waals surface area contributed by atoms with Crippen molar-refractivity contribution in [2.45, 2.75) is 6.61 Å². The lowest BCUT2D eigenvalue weighted by Crippen LogP contribution is -2.04. The molecule has 2 N–H and O–H groups in total. The van der Waals surface area contributed by atoms with Gasteiger partial charge in [0.05, 0.1) is 16.6 Å². The summed E-state index contributed by atoms with van der Waals surface area (Å²) < 4.78 is 5.71. The maximum atomic E-state index is 11.7. The summed E-state index contributed by atoms with van der Waals surface area (Å²) in [5.41, 5.74) is 3.42. The third kappa shape index (κ3) is 4.05. The van der Waals surface area contributed by atoms with Crippen molar-refractivity contribution < 1.29 is 14.6 Å². The Morgan fingerprint density at radius 2 is 1.87 bits per heavy atom. The molecule has 0 amide bonds. The summed E-state index contributed by atoms with van der Waals surface area (Å²) in [5, 5.41) is 19.2. The third-order valence-electron chi connectivity index (χ3n) is 4.55. The molecule has 30 heavy (non-hydrogen) atoms. The molecule has 0 saturated heterocycles. The molecule has 6 heteroatoms. The molecule has 6 nitrogen and oxygen atoms in total. The van der Waals surface area contributed by atoms with Crippen LogP contribution in [0.5, 0.6) is 5.75 Å². The van der Waals surface area contributed by atoms with Crippen molar-refractivity contribution in [1.82, 2.24) is 9.97 Å². The summed E-state index contributed by atoms with van der Waals surface area (Å²) in [6, 6.07) is 23.9. The van der Waals surface area contributed by atoms with Crippen molar-refractivity contribution in [1.29, 1.82) is 5.26 Å². The number of nitriles is 1. The Balaban J connectivity index is 1.64. The van der Waals surface area contributed by atoms with Gasteiger partial charge in [-0.25, -0.2) is 9.78 Å². The molecule has 146 valence electrons. The van der Waals surface area contributed by atoms with E-state index in [4.69, 9.17) is 4.74 Å². The van der Waals surface area contributed by atoms with Crippen LogP contribution in [0.2, 0.25) is 0 Å². The smallest absolute Gasteiger partial charge is 0.339 e. The third-order valence-corrected chi connectivity index (χ3v) is 4.55. The molecule has 4 aromatic rings. The van der Waals surface area contributed by atoms with Crippen LogP contribution in [0.4, 0.5) is 0 Å². The minimum atomic E-state index is -1.10. The van der Waals surface area contributed by atoms with Gasteiger partial charge in [0.25, 0.3) is 0 Å². The lowest BCUT2D eigenvalue weighted by atomic mass is 10.1. The van der Waals surface area contributed by atoms with Crippen LogP contribution in [-0.2, 0) is 6.61 Å². The van der Waals surface area contributed by atoms with Crippen molar-refractivity contribution in [3.8, 4) is 11.8 Å². The number of allylic oxidation sites excluding steroid dienone is 1. The molecule has 0 bridgehead atoms. The van der Waals surface area contributed by atoms with Crippen LogP contribution in [0.15, 0.2) is 72.8 Å². The highest BCUT2D eigenvalue weighted by atomic mass is 16.5. The summed E-state index contributed by atoms with van der Waals surface area (Å²) in [7, 11) is 0. The van der Waals surface area contributed by atoms with Crippen molar-refractivity contribution in [2.24, 2.45) is 0 Å². The van der Waals surface area contributed by atoms with E-state index < -0.39 is 5.97 Å². The first-order valence-corrected chi connectivity index (χ1v) is 9.25. The fraction of sp³-hybridized carbons (Fsp3) is 0.0417. The van der Waals surface area contributed by atoms with Gasteiger partial charge < -0.3 is 14.8 Å². The molecule has 4 rings (SSSR count). The van der Waals surface area contributed by atoms with E-state index in [-0.39, 0.29) is 17.9 Å². The zero-order valence-electron chi connectivity index (χ0n) is 15.9. The number of carbonyl (C=O) groups is 1. The van der Waals surface area contributed by atoms with Gasteiger partial charge >= 0.3 is 5.97 Å². The fourth-order valence-electron chi connectivity index (χ4n) is 3.07. The Morgan fingerprint density at radius 3 is 2.60 bits per heavy atom. The van der Waals surface area contributed by atoms with Crippen LogP contribution in [0.1, 0.15) is 27.3 Å². The average Bonchev–Trinajstić information content (AvgIpc) is 3.21. The largest absolute Gasteiger partial charge is 0.488 e. The van der Waals surface area contributed by atoms with E-state index in [0.29, 0.717) is 17.0 Å². The van der Waals surface area contributed by atoms with Crippen LogP contribution in [0.25, 0.3) is 22.7 Å². The number of H-pyrrole nitrogens is 1. The highest BCUT2D eigenvalue weighted by molar-refractivity contribution is 5.94. The molecule has 0 aliphatic rings. The summed E-state index contributed by atoms with van der Waals surface area (Å²) >= 11 is 0. The first-order valence-electron chi connectivity index (χ1n) is 9.25. The van der Waals surface area contributed by atoms with E-state index in [2.05, 4.69) is 16.0 Å². The molecular weight excluding hydrogens is 378 g/mol. The minimum Gasteiger partial charge on any atom is -0.488 e. The normalized spacial score (nSPS) is 11.2. The maximum absolute atomic E-state index is 11.7. The number of aromatic amines is 1. The number of carboxylic acids is 1. The molecule has 1 heterocycles. The molecule has 0 atom stereocenters.